The molecule has 0 spiro atoms. The number of nitrogens with zero attached hydrogens (tertiary/aromatic N) is 1. The van der Waals surface area contributed by atoms with Crippen LogP contribution in [0.5, 0.6) is 0 Å². The largest absolute Gasteiger partial charge is 0.234 e. The summed E-state index contributed by atoms with van der Waals surface area (Å²) in [6.07, 6.45) is 0.877. The molecule has 0 bridgehead atoms. The van der Waals surface area contributed by atoms with Crippen LogP contribution in [-0.2, 0) is 11.0 Å². The molecule has 0 heterocycles. The van der Waals surface area contributed by atoms with Crippen molar-refractivity contribution in [1.29, 1.82) is 0 Å². The first kappa shape index (κ1) is 10.8. The summed E-state index contributed by atoms with van der Waals surface area (Å²) in [5, 5.41) is 0. The second kappa shape index (κ2) is 4.00. The van der Waals surface area contributed by atoms with Gasteiger partial charge in [-0.05, 0) is 34.1 Å². The van der Waals surface area contributed by atoms with Gasteiger partial charge in [0.1, 0.15) is 11.0 Å². The molecule has 0 amide bonds. The Labute approximate surface area is 71.7 Å². The minimum Gasteiger partial charge on any atom is -0.234 e. The second-order valence-corrected chi connectivity index (χ2v) is 5.45. The molecule has 11 heavy (non-hydrogen) atoms. The van der Waals surface area contributed by atoms with Gasteiger partial charge in [-0.1, -0.05) is 6.92 Å². The molecule has 1 atom stereocenters. The third kappa shape index (κ3) is 4.30. The molecule has 0 unspecified atom stereocenters. The van der Waals surface area contributed by atoms with Crippen LogP contribution in [-0.4, -0.2) is 14.7 Å². The summed E-state index contributed by atoms with van der Waals surface area (Å²) in [4.78, 5) is 0. The predicted molar refractivity (Wildman–Crippen MR) is 51.3 cm³/mol. The number of rotatable bonds is 2. The fourth-order valence-corrected chi connectivity index (χ4v) is 1.03. The van der Waals surface area contributed by atoms with E-state index in [4.69, 9.17) is 0 Å². The third-order valence-corrected chi connectivity index (χ3v) is 2.80. The van der Waals surface area contributed by atoms with Crippen LogP contribution in [0.2, 0.25) is 0 Å². The molecule has 0 aromatic rings. The van der Waals surface area contributed by atoms with Gasteiger partial charge in [0.25, 0.3) is 0 Å². The van der Waals surface area contributed by atoms with Gasteiger partial charge in [-0.3, -0.25) is 0 Å². The smallest absolute Gasteiger partial charge is 0.144 e. The van der Waals surface area contributed by atoms with Gasteiger partial charge in [-0.15, -0.1) is 0 Å². The Morgan fingerprint density at radius 3 is 2.18 bits per heavy atom. The summed E-state index contributed by atoms with van der Waals surface area (Å²) in [5.74, 6) is 0. The predicted octanol–water partition coefficient (Wildman–Crippen LogP) is 2.32. The third-order valence-electron chi connectivity index (χ3n) is 1.27. The van der Waals surface area contributed by atoms with Crippen molar-refractivity contribution >= 4 is 16.7 Å². The highest BCUT2D eigenvalue weighted by Gasteiger charge is 2.18. The van der Waals surface area contributed by atoms with Crippen LogP contribution in [0, 0.1) is 0 Å². The Hall–Kier alpha value is -0.180. The first-order valence-corrected chi connectivity index (χ1v) is 4.94. The quantitative estimate of drug-likeness (QED) is 0.592. The first-order valence-electron chi connectivity index (χ1n) is 3.84. The molecule has 0 fully saturated rings. The van der Waals surface area contributed by atoms with Crippen molar-refractivity contribution in [2.45, 2.75) is 45.8 Å². The topological polar surface area (TPSA) is 29.4 Å². The fraction of sp³-hybridized carbons (Fsp3) is 0.875. The van der Waals surface area contributed by atoms with Gasteiger partial charge in [0.05, 0.1) is 4.75 Å². The van der Waals surface area contributed by atoms with Gasteiger partial charge < -0.3 is 0 Å². The van der Waals surface area contributed by atoms with Crippen LogP contribution >= 0.6 is 0 Å². The summed E-state index contributed by atoms with van der Waals surface area (Å²) >= 11 is 0. The molecule has 0 aliphatic heterocycles. The summed E-state index contributed by atoms with van der Waals surface area (Å²) in [5.41, 5.74) is 0.957. The molecule has 0 radical (unpaired) electrons. The van der Waals surface area contributed by atoms with Crippen LogP contribution in [0.1, 0.15) is 41.0 Å². The highest BCUT2D eigenvalue weighted by molar-refractivity contribution is 7.85. The Kier molecular flexibility index (Phi) is 3.93. The zero-order valence-corrected chi connectivity index (χ0v) is 8.79. The Morgan fingerprint density at radius 2 is 1.91 bits per heavy atom. The molecule has 0 aliphatic carbocycles. The van der Waals surface area contributed by atoms with Gasteiger partial charge in [-0.25, -0.2) is 4.21 Å². The number of hydrogen-bond acceptors (Lipinski definition) is 1. The summed E-state index contributed by atoms with van der Waals surface area (Å²) < 4.78 is 15.2. The maximum absolute atomic E-state index is 11.4. The Balaban J connectivity index is 4.30. The van der Waals surface area contributed by atoms with Crippen molar-refractivity contribution in [2.24, 2.45) is 4.40 Å². The van der Waals surface area contributed by atoms with Crippen molar-refractivity contribution in [1.82, 2.24) is 0 Å². The summed E-state index contributed by atoms with van der Waals surface area (Å²) in [7, 11) is -1.08. The molecule has 0 N–H and O–H groups in total. The standard InChI is InChI=1S/C8H17NOS/c1-6-7(2)9-11(10)8(3,4)5/h6H2,1-5H3/b9-7-/t11-/m1/s1. The SMILES string of the molecule is CC/C(C)=N\[S@](=O)C(C)(C)C. The summed E-state index contributed by atoms with van der Waals surface area (Å²) in [6.45, 7) is 9.70. The molecule has 0 aromatic carbocycles. The molecule has 0 rings (SSSR count). The van der Waals surface area contributed by atoms with E-state index in [0.29, 0.717) is 0 Å². The van der Waals surface area contributed by atoms with Crippen molar-refractivity contribution in [3.05, 3.63) is 0 Å². The van der Waals surface area contributed by atoms with Crippen LogP contribution in [0.25, 0.3) is 0 Å². The van der Waals surface area contributed by atoms with E-state index in [1.54, 1.807) is 0 Å². The number of hydrogen-bond donors (Lipinski definition) is 0. The minimum absolute atomic E-state index is 0.226. The van der Waals surface area contributed by atoms with Crippen molar-refractivity contribution < 1.29 is 4.21 Å². The lowest BCUT2D eigenvalue weighted by Crippen LogP contribution is -2.20. The van der Waals surface area contributed by atoms with E-state index in [1.165, 1.54) is 0 Å². The van der Waals surface area contributed by atoms with Crippen molar-refractivity contribution in [3.63, 3.8) is 0 Å². The lowest BCUT2D eigenvalue weighted by atomic mass is 10.3. The van der Waals surface area contributed by atoms with Crippen LogP contribution in [0.4, 0.5) is 0 Å². The van der Waals surface area contributed by atoms with Gasteiger partial charge in [-0.2, -0.15) is 4.40 Å². The van der Waals surface area contributed by atoms with Crippen LogP contribution in [0.15, 0.2) is 4.40 Å². The monoisotopic (exact) mass is 175 g/mol. The molecular formula is C8H17NOS. The van der Waals surface area contributed by atoms with Gasteiger partial charge in [0.15, 0.2) is 0 Å². The maximum atomic E-state index is 11.4. The van der Waals surface area contributed by atoms with E-state index >= 15 is 0 Å². The first-order chi connectivity index (χ1) is 4.88. The normalized spacial score (nSPS) is 16.6. The lowest BCUT2D eigenvalue weighted by Gasteiger charge is -2.13. The highest BCUT2D eigenvalue weighted by atomic mass is 32.2. The molecule has 2 nitrogen and oxygen atoms in total. The minimum atomic E-state index is -1.08. The van der Waals surface area contributed by atoms with Crippen LogP contribution in [0.3, 0.4) is 0 Å². The van der Waals surface area contributed by atoms with Gasteiger partial charge in [0, 0.05) is 5.71 Å². The molecule has 0 saturated carbocycles. The maximum Gasteiger partial charge on any atom is 0.144 e. The van der Waals surface area contributed by atoms with E-state index in [-0.39, 0.29) is 4.75 Å². The molecular weight excluding hydrogens is 158 g/mol. The van der Waals surface area contributed by atoms with E-state index in [1.807, 2.05) is 34.6 Å². The van der Waals surface area contributed by atoms with E-state index in [2.05, 4.69) is 4.40 Å². The van der Waals surface area contributed by atoms with E-state index < -0.39 is 11.0 Å². The van der Waals surface area contributed by atoms with E-state index in [0.717, 1.165) is 12.1 Å². The molecule has 0 aliphatic rings. The average molecular weight is 175 g/mol. The van der Waals surface area contributed by atoms with Crippen LogP contribution < -0.4 is 0 Å². The Morgan fingerprint density at radius 1 is 1.45 bits per heavy atom. The second-order valence-electron chi connectivity index (χ2n) is 3.54. The molecule has 0 saturated heterocycles. The zero-order valence-electron chi connectivity index (χ0n) is 7.97. The zero-order chi connectivity index (χ0) is 9.07. The van der Waals surface area contributed by atoms with Gasteiger partial charge >= 0.3 is 0 Å². The molecule has 0 aromatic heterocycles. The average Bonchev–Trinajstić information content (AvgIpc) is 1.85. The lowest BCUT2D eigenvalue weighted by molar-refractivity contribution is 0.650. The molecule has 66 valence electrons. The Bertz CT molecular complexity index is 179. The van der Waals surface area contributed by atoms with Crippen molar-refractivity contribution in [2.75, 3.05) is 0 Å². The highest BCUT2D eigenvalue weighted by Crippen LogP contribution is 2.12. The van der Waals surface area contributed by atoms with Crippen molar-refractivity contribution in [3.8, 4) is 0 Å². The van der Waals surface area contributed by atoms with Gasteiger partial charge in [0.2, 0.25) is 0 Å². The fourth-order valence-electron chi connectivity index (χ4n) is 0.343. The molecule has 3 heteroatoms. The summed E-state index contributed by atoms with van der Waals surface area (Å²) in [6, 6.07) is 0. The van der Waals surface area contributed by atoms with E-state index in [9.17, 15) is 4.21 Å².